The lowest BCUT2D eigenvalue weighted by molar-refractivity contribution is 0.0918. The minimum atomic E-state index is -0.382. The minimum absolute atomic E-state index is 0.0401. The zero-order valence-electron chi connectivity index (χ0n) is 15.3. The molecule has 28 heavy (non-hydrogen) atoms. The van der Waals surface area contributed by atoms with Gasteiger partial charge in [0.1, 0.15) is 5.82 Å². The SMILES string of the molecule is CN(C(=O)N1CCC(NC(=O)c2ccc(F)cc2)CC1)c1cc(Cl)ccc1Cl. The zero-order chi connectivity index (χ0) is 20.3. The van der Waals surface area contributed by atoms with Crippen molar-refractivity contribution in [1.29, 1.82) is 0 Å². The molecule has 1 saturated heterocycles. The Morgan fingerprint density at radius 2 is 1.75 bits per heavy atom. The lowest BCUT2D eigenvalue weighted by Gasteiger charge is -2.35. The van der Waals surface area contributed by atoms with E-state index in [1.165, 1.54) is 29.2 Å². The van der Waals surface area contributed by atoms with Crippen molar-refractivity contribution >= 4 is 40.8 Å². The number of rotatable bonds is 3. The van der Waals surface area contributed by atoms with Crippen LogP contribution in [0.25, 0.3) is 0 Å². The van der Waals surface area contributed by atoms with Crippen molar-refractivity contribution in [2.45, 2.75) is 18.9 Å². The van der Waals surface area contributed by atoms with Gasteiger partial charge in [0, 0.05) is 36.8 Å². The van der Waals surface area contributed by atoms with Crippen LogP contribution in [0, 0.1) is 5.82 Å². The molecule has 0 bridgehead atoms. The number of halogens is 3. The normalized spacial score (nSPS) is 14.6. The number of hydrogen-bond acceptors (Lipinski definition) is 2. The Labute approximate surface area is 173 Å². The number of hydrogen-bond donors (Lipinski definition) is 1. The largest absolute Gasteiger partial charge is 0.349 e. The van der Waals surface area contributed by atoms with Gasteiger partial charge in [-0.25, -0.2) is 9.18 Å². The first-order chi connectivity index (χ1) is 13.3. The highest BCUT2D eigenvalue weighted by atomic mass is 35.5. The van der Waals surface area contributed by atoms with Crippen LogP contribution in [0.4, 0.5) is 14.9 Å². The van der Waals surface area contributed by atoms with Crippen LogP contribution in [-0.4, -0.2) is 43.0 Å². The number of amides is 3. The number of nitrogens with one attached hydrogen (secondary N) is 1. The van der Waals surface area contributed by atoms with E-state index < -0.39 is 0 Å². The molecule has 0 aliphatic carbocycles. The highest BCUT2D eigenvalue weighted by Crippen LogP contribution is 2.29. The highest BCUT2D eigenvalue weighted by molar-refractivity contribution is 6.35. The molecule has 3 amide bonds. The van der Waals surface area contributed by atoms with Crippen molar-refractivity contribution < 1.29 is 14.0 Å². The Morgan fingerprint density at radius 3 is 2.39 bits per heavy atom. The van der Waals surface area contributed by atoms with Gasteiger partial charge >= 0.3 is 6.03 Å². The fourth-order valence-electron chi connectivity index (χ4n) is 3.14. The van der Waals surface area contributed by atoms with Gasteiger partial charge in [-0.3, -0.25) is 9.69 Å². The second kappa shape index (κ2) is 8.80. The van der Waals surface area contributed by atoms with E-state index in [-0.39, 0.29) is 23.8 Å². The molecule has 1 fully saturated rings. The summed E-state index contributed by atoms with van der Waals surface area (Å²) in [6.45, 7) is 1.02. The van der Waals surface area contributed by atoms with Gasteiger partial charge in [0.25, 0.3) is 5.91 Å². The first-order valence-corrected chi connectivity index (χ1v) is 9.65. The van der Waals surface area contributed by atoms with Gasteiger partial charge in [-0.15, -0.1) is 0 Å². The maximum atomic E-state index is 13.0. The topological polar surface area (TPSA) is 52.7 Å². The lowest BCUT2D eigenvalue weighted by Crippen LogP contribution is -2.50. The molecule has 0 atom stereocenters. The number of carbonyl (C=O) groups is 2. The van der Waals surface area contributed by atoms with E-state index >= 15 is 0 Å². The van der Waals surface area contributed by atoms with Crippen LogP contribution in [0.15, 0.2) is 42.5 Å². The van der Waals surface area contributed by atoms with Gasteiger partial charge in [-0.1, -0.05) is 23.2 Å². The third-order valence-electron chi connectivity index (χ3n) is 4.76. The van der Waals surface area contributed by atoms with E-state index in [0.29, 0.717) is 47.2 Å². The van der Waals surface area contributed by atoms with Gasteiger partial charge < -0.3 is 10.2 Å². The van der Waals surface area contributed by atoms with Crippen molar-refractivity contribution in [2.75, 3.05) is 25.0 Å². The summed E-state index contributed by atoms with van der Waals surface area (Å²) >= 11 is 12.2. The number of urea groups is 1. The van der Waals surface area contributed by atoms with E-state index in [0.717, 1.165) is 0 Å². The number of benzene rings is 2. The molecule has 1 heterocycles. The molecule has 2 aromatic rings. The fraction of sp³-hybridized carbons (Fsp3) is 0.300. The third kappa shape index (κ3) is 4.75. The molecule has 1 N–H and O–H groups in total. The van der Waals surface area contributed by atoms with Gasteiger partial charge in [-0.2, -0.15) is 0 Å². The number of nitrogens with zero attached hydrogens (tertiary/aromatic N) is 2. The summed E-state index contributed by atoms with van der Waals surface area (Å²) in [6.07, 6.45) is 1.27. The molecular formula is C20H20Cl2FN3O2. The average Bonchev–Trinajstić information content (AvgIpc) is 2.69. The van der Waals surface area contributed by atoms with Crippen molar-refractivity contribution in [3.8, 4) is 0 Å². The Morgan fingerprint density at radius 1 is 1.11 bits per heavy atom. The van der Waals surface area contributed by atoms with Gasteiger partial charge in [-0.05, 0) is 55.3 Å². The second-order valence-electron chi connectivity index (χ2n) is 6.68. The molecule has 8 heteroatoms. The van der Waals surface area contributed by atoms with Crippen LogP contribution < -0.4 is 10.2 Å². The second-order valence-corrected chi connectivity index (χ2v) is 7.52. The molecule has 0 spiro atoms. The predicted octanol–water partition coefficient (Wildman–Crippen LogP) is 4.58. The van der Waals surface area contributed by atoms with E-state index in [9.17, 15) is 14.0 Å². The Kier molecular flexibility index (Phi) is 6.42. The van der Waals surface area contributed by atoms with Crippen LogP contribution in [0.3, 0.4) is 0 Å². The molecule has 5 nitrogen and oxygen atoms in total. The highest BCUT2D eigenvalue weighted by Gasteiger charge is 2.27. The number of piperidine rings is 1. The third-order valence-corrected chi connectivity index (χ3v) is 5.32. The van der Waals surface area contributed by atoms with E-state index in [2.05, 4.69) is 5.32 Å². The standard InChI is InChI=1S/C20H20Cl2FN3O2/c1-25(18-12-14(21)4-7-17(18)22)20(28)26-10-8-16(9-11-26)24-19(27)13-2-5-15(23)6-3-13/h2-7,12,16H,8-11H2,1H3,(H,24,27). The molecule has 2 aromatic carbocycles. The van der Waals surface area contributed by atoms with Crippen LogP contribution in [0.2, 0.25) is 10.0 Å². The summed E-state index contributed by atoms with van der Waals surface area (Å²) in [5.41, 5.74) is 0.959. The molecular weight excluding hydrogens is 404 g/mol. The summed E-state index contributed by atoms with van der Waals surface area (Å²) < 4.78 is 13.0. The summed E-state index contributed by atoms with van der Waals surface area (Å²) in [7, 11) is 1.66. The molecule has 1 aliphatic rings. The summed E-state index contributed by atoms with van der Waals surface area (Å²) in [6, 6.07) is 10.2. The van der Waals surface area contributed by atoms with Gasteiger partial charge in [0.2, 0.25) is 0 Å². The van der Waals surface area contributed by atoms with Crippen molar-refractivity contribution in [3.05, 3.63) is 63.9 Å². The Bertz CT molecular complexity index is 868. The van der Waals surface area contributed by atoms with E-state index in [4.69, 9.17) is 23.2 Å². The molecule has 3 rings (SSSR count). The van der Waals surface area contributed by atoms with Crippen LogP contribution in [0.1, 0.15) is 23.2 Å². The van der Waals surface area contributed by atoms with Crippen molar-refractivity contribution in [1.82, 2.24) is 10.2 Å². The number of carbonyl (C=O) groups excluding carboxylic acids is 2. The summed E-state index contributed by atoms with van der Waals surface area (Å²) in [5.74, 6) is -0.625. The maximum absolute atomic E-state index is 13.0. The monoisotopic (exact) mass is 423 g/mol. The molecule has 0 unspecified atom stereocenters. The van der Waals surface area contributed by atoms with Crippen LogP contribution in [0.5, 0.6) is 0 Å². The smallest absolute Gasteiger partial charge is 0.324 e. The summed E-state index contributed by atoms with van der Waals surface area (Å²) in [4.78, 5) is 28.2. The summed E-state index contributed by atoms with van der Waals surface area (Å²) in [5, 5.41) is 3.89. The van der Waals surface area contributed by atoms with Crippen molar-refractivity contribution in [2.24, 2.45) is 0 Å². The first kappa shape index (κ1) is 20.4. The minimum Gasteiger partial charge on any atom is -0.349 e. The molecule has 1 aliphatic heterocycles. The van der Waals surface area contributed by atoms with Gasteiger partial charge in [0.15, 0.2) is 0 Å². The van der Waals surface area contributed by atoms with Crippen LogP contribution in [-0.2, 0) is 0 Å². The lowest BCUT2D eigenvalue weighted by atomic mass is 10.0. The quantitative estimate of drug-likeness (QED) is 0.784. The Balaban J connectivity index is 1.55. The average molecular weight is 424 g/mol. The molecule has 148 valence electrons. The molecule has 0 radical (unpaired) electrons. The maximum Gasteiger partial charge on any atom is 0.324 e. The number of anilines is 1. The van der Waals surface area contributed by atoms with Crippen LogP contribution >= 0.6 is 23.2 Å². The zero-order valence-corrected chi connectivity index (χ0v) is 16.8. The Hall–Kier alpha value is -2.31. The fourth-order valence-corrected chi connectivity index (χ4v) is 3.55. The van der Waals surface area contributed by atoms with Gasteiger partial charge in [0.05, 0.1) is 10.7 Å². The van der Waals surface area contributed by atoms with Crippen molar-refractivity contribution in [3.63, 3.8) is 0 Å². The first-order valence-electron chi connectivity index (χ1n) is 8.89. The molecule has 0 saturated carbocycles. The predicted molar refractivity (Wildman–Crippen MR) is 109 cm³/mol. The number of likely N-dealkylation sites (tertiary alicyclic amines) is 1. The van der Waals surface area contributed by atoms with E-state index in [1.807, 2.05) is 0 Å². The molecule has 0 aromatic heterocycles. The van der Waals surface area contributed by atoms with E-state index in [1.54, 1.807) is 30.1 Å².